The van der Waals surface area contributed by atoms with Crippen molar-refractivity contribution >= 4 is 27.5 Å². The van der Waals surface area contributed by atoms with Gasteiger partial charge < -0.3 is 9.80 Å². The number of sulfonamides is 1. The lowest BCUT2D eigenvalue weighted by atomic mass is 10.2. The van der Waals surface area contributed by atoms with Crippen molar-refractivity contribution in [1.29, 1.82) is 0 Å². The van der Waals surface area contributed by atoms with Crippen molar-refractivity contribution in [3.05, 3.63) is 23.8 Å². The maximum absolute atomic E-state index is 12.5. The van der Waals surface area contributed by atoms with Crippen LogP contribution in [0.25, 0.3) is 0 Å². The van der Waals surface area contributed by atoms with Crippen molar-refractivity contribution in [3.8, 4) is 0 Å². The number of amides is 2. The van der Waals surface area contributed by atoms with Crippen LogP contribution >= 0.6 is 0 Å². The standard InChI is InChI=1S/C17H23N3O4S/c1-19-15-7-6-14(10-13(15)11-16(19)21)25(23,24)18-12-17(22)20-8-4-2-3-5-9-20/h6-7,10,18H,2-5,8-9,11-12H2,1H3. The molecule has 7 nitrogen and oxygen atoms in total. The van der Waals surface area contributed by atoms with Crippen LogP contribution in [-0.4, -0.2) is 51.8 Å². The van der Waals surface area contributed by atoms with Crippen LogP contribution in [0.1, 0.15) is 31.2 Å². The summed E-state index contributed by atoms with van der Waals surface area (Å²) in [6.45, 7) is 1.14. The van der Waals surface area contributed by atoms with Crippen LogP contribution in [-0.2, 0) is 26.0 Å². The van der Waals surface area contributed by atoms with E-state index in [1.807, 2.05) is 0 Å². The average Bonchev–Trinajstić information content (AvgIpc) is 2.78. The molecule has 0 radical (unpaired) electrons. The minimum Gasteiger partial charge on any atom is -0.342 e. The number of likely N-dealkylation sites (N-methyl/N-ethyl adjacent to an activating group) is 1. The van der Waals surface area contributed by atoms with Crippen molar-refractivity contribution < 1.29 is 18.0 Å². The van der Waals surface area contributed by atoms with Gasteiger partial charge in [0.15, 0.2) is 0 Å². The van der Waals surface area contributed by atoms with E-state index in [1.54, 1.807) is 18.0 Å². The summed E-state index contributed by atoms with van der Waals surface area (Å²) in [5.41, 5.74) is 1.42. The fourth-order valence-electron chi connectivity index (χ4n) is 3.29. The second-order valence-electron chi connectivity index (χ2n) is 6.54. The molecule has 1 saturated heterocycles. The molecule has 136 valence electrons. The number of rotatable bonds is 4. The highest BCUT2D eigenvalue weighted by atomic mass is 32.2. The minimum atomic E-state index is -3.79. The van der Waals surface area contributed by atoms with Crippen molar-refractivity contribution in [2.75, 3.05) is 31.6 Å². The largest absolute Gasteiger partial charge is 0.342 e. The maximum atomic E-state index is 12.5. The van der Waals surface area contributed by atoms with Gasteiger partial charge in [0.2, 0.25) is 21.8 Å². The molecule has 0 saturated carbocycles. The topological polar surface area (TPSA) is 86.8 Å². The van der Waals surface area contributed by atoms with Gasteiger partial charge in [0, 0.05) is 25.8 Å². The van der Waals surface area contributed by atoms with E-state index < -0.39 is 10.0 Å². The Morgan fingerprint density at radius 1 is 1.16 bits per heavy atom. The minimum absolute atomic E-state index is 0.0613. The average molecular weight is 365 g/mol. The summed E-state index contributed by atoms with van der Waals surface area (Å²) in [4.78, 5) is 27.3. The van der Waals surface area contributed by atoms with Gasteiger partial charge in [-0.3, -0.25) is 9.59 Å². The van der Waals surface area contributed by atoms with E-state index in [-0.39, 0.29) is 29.7 Å². The molecule has 0 aromatic heterocycles. The first kappa shape index (κ1) is 17.9. The van der Waals surface area contributed by atoms with E-state index in [4.69, 9.17) is 0 Å². The number of anilines is 1. The van der Waals surface area contributed by atoms with E-state index in [2.05, 4.69) is 4.72 Å². The number of benzene rings is 1. The second-order valence-corrected chi connectivity index (χ2v) is 8.31. The molecule has 25 heavy (non-hydrogen) atoms. The van der Waals surface area contributed by atoms with Crippen molar-refractivity contribution in [2.45, 2.75) is 37.0 Å². The third-order valence-corrected chi connectivity index (χ3v) is 6.21. The lowest BCUT2D eigenvalue weighted by molar-refractivity contribution is -0.129. The predicted octanol–water partition coefficient (Wildman–Crippen LogP) is 0.886. The van der Waals surface area contributed by atoms with E-state index in [0.717, 1.165) is 31.4 Å². The zero-order chi connectivity index (χ0) is 18.0. The van der Waals surface area contributed by atoms with Crippen molar-refractivity contribution in [3.63, 3.8) is 0 Å². The summed E-state index contributed by atoms with van der Waals surface area (Å²) < 4.78 is 27.3. The molecule has 3 rings (SSSR count). The Labute approximate surface area is 148 Å². The van der Waals surface area contributed by atoms with Crippen LogP contribution in [0.3, 0.4) is 0 Å². The Bertz CT molecular complexity index is 783. The molecule has 1 N–H and O–H groups in total. The van der Waals surface area contributed by atoms with Gasteiger partial charge in [0.25, 0.3) is 0 Å². The number of fused-ring (bicyclic) bond motifs is 1. The maximum Gasteiger partial charge on any atom is 0.241 e. The van der Waals surface area contributed by atoms with Gasteiger partial charge in [-0.1, -0.05) is 12.8 Å². The SMILES string of the molecule is CN1C(=O)Cc2cc(S(=O)(=O)NCC(=O)N3CCCCCC3)ccc21. The summed E-state index contributed by atoms with van der Waals surface area (Å²) in [5.74, 6) is -0.254. The molecule has 2 aliphatic rings. The van der Waals surface area contributed by atoms with E-state index >= 15 is 0 Å². The number of carbonyl (C=O) groups is 2. The molecule has 0 bridgehead atoms. The molecule has 2 aliphatic heterocycles. The number of nitrogens with one attached hydrogen (secondary N) is 1. The molecule has 1 aromatic rings. The Morgan fingerprint density at radius 2 is 1.84 bits per heavy atom. The molecule has 0 spiro atoms. The Morgan fingerprint density at radius 3 is 2.52 bits per heavy atom. The lowest BCUT2D eigenvalue weighted by Gasteiger charge is -2.20. The molecule has 1 aromatic carbocycles. The monoisotopic (exact) mass is 365 g/mol. The zero-order valence-electron chi connectivity index (χ0n) is 14.3. The first-order valence-electron chi connectivity index (χ1n) is 8.55. The molecular formula is C17H23N3O4S. The van der Waals surface area contributed by atoms with Crippen LogP contribution in [0.2, 0.25) is 0 Å². The van der Waals surface area contributed by atoms with Gasteiger partial charge in [-0.25, -0.2) is 13.1 Å². The molecule has 2 heterocycles. The summed E-state index contributed by atoms with van der Waals surface area (Å²) in [6.07, 6.45) is 4.34. The smallest absolute Gasteiger partial charge is 0.241 e. The number of nitrogens with zero attached hydrogens (tertiary/aromatic N) is 2. The molecule has 1 fully saturated rings. The van der Waals surface area contributed by atoms with Crippen molar-refractivity contribution in [2.24, 2.45) is 0 Å². The van der Waals surface area contributed by atoms with Gasteiger partial charge in [0.05, 0.1) is 17.9 Å². The number of carbonyl (C=O) groups excluding carboxylic acids is 2. The van der Waals surface area contributed by atoms with Gasteiger partial charge in [-0.2, -0.15) is 0 Å². The van der Waals surface area contributed by atoms with E-state index in [9.17, 15) is 18.0 Å². The number of likely N-dealkylation sites (tertiary alicyclic amines) is 1. The van der Waals surface area contributed by atoms with Crippen LogP contribution in [0.15, 0.2) is 23.1 Å². The lowest BCUT2D eigenvalue weighted by Crippen LogP contribution is -2.40. The van der Waals surface area contributed by atoms with Crippen molar-refractivity contribution in [1.82, 2.24) is 9.62 Å². The van der Waals surface area contributed by atoms with Crippen LogP contribution in [0.4, 0.5) is 5.69 Å². The Hall–Kier alpha value is -1.93. The fourth-order valence-corrected chi connectivity index (χ4v) is 4.31. The highest BCUT2D eigenvalue weighted by molar-refractivity contribution is 7.89. The third kappa shape index (κ3) is 3.85. The van der Waals surface area contributed by atoms with Crippen LogP contribution in [0, 0.1) is 0 Å². The zero-order valence-corrected chi connectivity index (χ0v) is 15.1. The van der Waals surface area contributed by atoms with Gasteiger partial charge in [-0.05, 0) is 36.6 Å². The highest BCUT2D eigenvalue weighted by Crippen LogP contribution is 2.29. The Kier molecular flexibility index (Phi) is 5.10. The fraction of sp³-hybridized carbons (Fsp3) is 0.529. The summed E-state index contributed by atoms with van der Waals surface area (Å²) in [6, 6.07) is 4.60. The van der Waals surface area contributed by atoms with Crippen LogP contribution in [0.5, 0.6) is 0 Å². The molecule has 0 atom stereocenters. The molecule has 0 aliphatic carbocycles. The van der Waals surface area contributed by atoms with E-state index in [1.165, 1.54) is 17.0 Å². The first-order valence-corrected chi connectivity index (χ1v) is 10.0. The molecule has 0 unspecified atom stereocenters. The molecule has 2 amide bonds. The summed E-state index contributed by atoms with van der Waals surface area (Å²) >= 11 is 0. The van der Waals surface area contributed by atoms with Gasteiger partial charge in [0.1, 0.15) is 0 Å². The second kappa shape index (κ2) is 7.13. The normalized spacial score (nSPS) is 18.2. The molecular weight excluding hydrogens is 342 g/mol. The number of hydrogen-bond acceptors (Lipinski definition) is 4. The highest BCUT2D eigenvalue weighted by Gasteiger charge is 2.26. The van der Waals surface area contributed by atoms with E-state index in [0.29, 0.717) is 18.7 Å². The van der Waals surface area contributed by atoms with Crippen LogP contribution < -0.4 is 9.62 Å². The van der Waals surface area contributed by atoms with Gasteiger partial charge >= 0.3 is 0 Å². The summed E-state index contributed by atoms with van der Waals surface area (Å²) in [5, 5.41) is 0. The predicted molar refractivity (Wildman–Crippen MR) is 93.8 cm³/mol. The summed E-state index contributed by atoms with van der Waals surface area (Å²) in [7, 11) is -2.12. The molecule has 8 heteroatoms. The Balaban J connectivity index is 1.67. The first-order chi connectivity index (χ1) is 11.9. The third-order valence-electron chi connectivity index (χ3n) is 4.81. The quantitative estimate of drug-likeness (QED) is 0.858. The van der Waals surface area contributed by atoms with Gasteiger partial charge in [-0.15, -0.1) is 0 Å². The number of hydrogen-bond donors (Lipinski definition) is 1.